The molecule has 0 saturated carbocycles. The van der Waals surface area contributed by atoms with Crippen molar-refractivity contribution in [2.45, 2.75) is 20.0 Å². The van der Waals surface area contributed by atoms with Crippen molar-refractivity contribution in [3.05, 3.63) is 70.7 Å². The molecule has 0 unspecified atom stereocenters. The van der Waals surface area contributed by atoms with Gasteiger partial charge in [-0.15, -0.1) is 11.3 Å². The third-order valence-electron chi connectivity index (χ3n) is 3.76. The Bertz CT molecular complexity index is 926. The molecule has 0 spiro atoms. The molecule has 0 fully saturated rings. The van der Waals surface area contributed by atoms with Crippen molar-refractivity contribution in [2.75, 3.05) is 6.54 Å². The van der Waals surface area contributed by atoms with E-state index in [1.807, 2.05) is 6.92 Å². The van der Waals surface area contributed by atoms with Crippen molar-refractivity contribution in [2.24, 2.45) is 0 Å². The van der Waals surface area contributed by atoms with E-state index in [2.05, 4.69) is 10.3 Å². The lowest BCUT2D eigenvalue weighted by atomic mass is 10.2. The van der Waals surface area contributed by atoms with E-state index in [0.29, 0.717) is 22.9 Å². The summed E-state index contributed by atoms with van der Waals surface area (Å²) in [6.45, 7) is 2.74. The first-order chi connectivity index (χ1) is 13.1. The zero-order valence-electron chi connectivity index (χ0n) is 14.7. The molecule has 27 heavy (non-hydrogen) atoms. The van der Waals surface area contributed by atoms with Crippen LogP contribution >= 0.6 is 11.3 Å². The van der Waals surface area contributed by atoms with Crippen LogP contribution in [0.2, 0.25) is 0 Å². The molecule has 1 aromatic heterocycles. The van der Waals surface area contributed by atoms with Gasteiger partial charge in [0.15, 0.2) is 0 Å². The maximum atomic E-state index is 14.5. The highest BCUT2D eigenvalue weighted by molar-refractivity contribution is 7.13. The van der Waals surface area contributed by atoms with Crippen LogP contribution in [0.15, 0.2) is 47.8 Å². The molecule has 0 aliphatic rings. The molecule has 1 amide bonds. The molecular weight excluding hydrogens is 370 g/mol. The van der Waals surface area contributed by atoms with E-state index in [9.17, 15) is 13.6 Å². The Balaban J connectivity index is 1.68. The Morgan fingerprint density at radius 3 is 2.67 bits per heavy atom. The Morgan fingerprint density at radius 2 is 1.96 bits per heavy atom. The Morgan fingerprint density at radius 1 is 1.19 bits per heavy atom. The van der Waals surface area contributed by atoms with Gasteiger partial charge in [0.05, 0.1) is 0 Å². The minimum Gasteiger partial charge on any atom is -0.489 e. The van der Waals surface area contributed by atoms with E-state index in [-0.39, 0.29) is 24.0 Å². The molecule has 0 atom stereocenters. The summed E-state index contributed by atoms with van der Waals surface area (Å²) in [6, 6.07) is 10.4. The fourth-order valence-corrected chi connectivity index (χ4v) is 3.16. The second kappa shape index (κ2) is 8.73. The van der Waals surface area contributed by atoms with Crippen molar-refractivity contribution in [3.63, 3.8) is 0 Å². The average Bonchev–Trinajstić information content (AvgIpc) is 3.15. The number of halogens is 2. The molecule has 0 saturated heterocycles. The van der Waals surface area contributed by atoms with Crippen LogP contribution in [0.3, 0.4) is 0 Å². The van der Waals surface area contributed by atoms with Gasteiger partial charge >= 0.3 is 0 Å². The number of hydrogen-bond acceptors (Lipinski definition) is 4. The number of carbonyl (C=O) groups excluding carboxylic acids is 1. The van der Waals surface area contributed by atoms with Crippen LogP contribution in [0.25, 0.3) is 10.6 Å². The number of ether oxygens (including phenoxy) is 1. The maximum absolute atomic E-state index is 14.5. The van der Waals surface area contributed by atoms with Gasteiger partial charge in [0.1, 0.15) is 34.7 Å². The number of carbonyl (C=O) groups is 1. The highest BCUT2D eigenvalue weighted by Gasteiger charge is 2.14. The lowest BCUT2D eigenvalue weighted by Crippen LogP contribution is -2.24. The van der Waals surface area contributed by atoms with Gasteiger partial charge in [0.2, 0.25) is 0 Å². The van der Waals surface area contributed by atoms with Crippen molar-refractivity contribution in [1.82, 2.24) is 10.3 Å². The van der Waals surface area contributed by atoms with E-state index < -0.39 is 5.82 Å². The summed E-state index contributed by atoms with van der Waals surface area (Å²) in [5, 5.41) is 4.78. The topological polar surface area (TPSA) is 51.2 Å². The molecule has 0 aliphatic heterocycles. The molecule has 2 aromatic carbocycles. The third-order valence-corrected chi connectivity index (χ3v) is 4.64. The molecule has 0 radical (unpaired) electrons. The van der Waals surface area contributed by atoms with Crippen LogP contribution in [-0.4, -0.2) is 17.4 Å². The minimum absolute atomic E-state index is 0.206. The zero-order valence-corrected chi connectivity index (χ0v) is 15.5. The van der Waals surface area contributed by atoms with Gasteiger partial charge in [-0.05, 0) is 36.2 Å². The van der Waals surface area contributed by atoms with Gasteiger partial charge in [0, 0.05) is 23.6 Å². The van der Waals surface area contributed by atoms with Crippen molar-refractivity contribution >= 4 is 17.2 Å². The maximum Gasteiger partial charge on any atom is 0.270 e. The summed E-state index contributed by atoms with van der Waals surface area (Å²) >= 11 is 1.21. The Kier molecular flexibility index (Phi) is 6.13. The van der Waals surface area contributed by atoms with Crippen LogP contribution < -0.4 is 10.1 Å². The van der Waals surface area contributed by atoms with Gasteiger partial charge in [-0.25, -0.2) is 13.8 Å². The summed E-state index contributed by atoms with van der Waals surface area (Å²) in [6.07, 6.45) is 0.830. The van der Waals surface area contributed by atoms with E-state index in [0.717, 1.165) is 12.0 Å². The summed E-state index contributed by atoms with van der Waals surface area (Å²) in [4.78, 5) is 16.1. The van der Waals surface area contributed by atoms with Crippen LogP contribution in [0.1, 0.15) is 29.4 Å². The van der Waals surface area contributed by atoms with Gasteiger partial charge in [0.25, 0.3) is 5.91 Å². The van der Waals surface area contributed by atoms with Gasteiger partial charge in [-0.1, -0.05) is 19.1 Å². The molecule has 3 rings (SSSR count). The number of rotatable bonds is 7. The number of amides is 1. The number of benzene rings is 2. The Hall–Kier alpha value is -2.80. The number of hydrogen-bond donors (Lipinski definition) is 1. The highest BCUT2D eigenvalue weighted by Crippen LogP contribution is 2.29. The van der Waals surface area contributed by atoms with Crippen LogP contribution in [0.5, 0.6) is 5.75 Å². The van der Waals surface area contributed by atoms with E-state index in [4.69, 9.17) is 4.74 Å². The smallest absolute Gasteiger partial charge is 0.270 e. The van der Waals surface area contributed by atoms with Crippen LogP contribution in [0.4, 0.5) is 8.78 Å². The summed E-state index contributed by atoms with van der Waals surface area (Å²) in [5.41, 5.74) is 1.37. The first-order valence-corrected chi connectivity index (χ1v) is 9.35. The van der Waals surface area contributed by atoms with Gasteiger partial charge in [-0.2, -0.15) is 0 Å². The molecule has 1 heterocycles. The number of aromatic nitrogens is 1. The van der Waals surface area contributed by atoms with Crippen LogP contribution in [0, 0.1) is 11.6 Å². The average molecular weight is 388 g/mol. The monoisotopic (exact) mass is 388 g/mol. The lowest BCUT2D eigenvalue weighted by Gasteiger charge is -2.08. The molecule has 0 aliphatic carbocycles. The second-order valence-corrected chi connectivity index (χ2v) is 6.71. The van der Waals surface area contributed by atoms with E-state index in [1.54, 1.807) is 29.6 Å². The SMILES string of the molecule is CCCNC(=O)c1csc(-c2ccc(OCc3ccc(F)cc3)cc2F)n1. The van der Waals surface area contributed by atoms with E-state index in [1.165, 1.54) is 29.5 Å². The molecule has 140 valence electrons. The van der Waals surface area contributed by atoms with Crippen molar-refractivity contribution in [3.8, 4) is 16.3 Å². The largest absolute Gasteiger partial charge is 0.489 e. The van der Waals surface area contributed by atoms with Crippen LogP contribution in [-0.2, 0) is 6.61 Å². The molecule has 7 heteroatoms. The second-order valence-electron chi connectivity index (χ2n) is 5.85. The minimum atomic E-state index is -0.485. The molecule has 3 aromatic rings. The van der Waals surface area contributed by atoms with Crippen molar-refractivity contribution in [1.29, 1.82) is 0 Å². The highest BCUT2D eigenvalue weighted by atomic mass is 32.1. The van der Waals surface area contributed by atoms with Crippen molar-refractivity contribution < 1.29 is 18.3 Å². The third kappa shape index (κ3) is 4.89. The number of nitrogens with zero attached hydrogens (tertiary/aromatic N) is 1. The fourth-order valence-electron chi connectivity index (χ4n) is 2.34. The fraction of sp³-hybridized carbons (Fsp3) is 0.200. The quantitative estimate of drug-likeness (QED) is 0.632. The molecule has 4 nitrogen and oxygen atoms in total. The predicted octanol–water partition coefficient (Wildman–Crippen LogP) is 4.81. The summed E-state index contributed by atoms with van der Waals surface area (Å²) in [5.74, 6) is -0.709. The summed E-state index contributed by atoms with van der Waals surface area (Å²) < 4.78 is 32.9. The molecular formula is C20H18F2N2O2S. The van der Waals surface area contributed by atoms with Gasteiger partial charge in [-0.3, -0.25) is 4.79 Å². The zero-order chi connectivity index (χ0) is 19.2. The number of thiazole rings is 1. The first-order valence-electron chi connectivity index (χ1n) is 8.47. The predicted molar refractivity (Wildman–Crippen MR) is 101 cm³/mol. The Labute approximate surface area is 159 Å². The van der Waals surface area contributed by atoms with E-state index >= 15 is 0 Å². The standard InChI is InChI=1S/C20H18F2N2O2S/c1-2-9-23-19(25)18-12-27-20(24-18)16-8-7-15(10-17(16)22)26-11-13-3-5-14(21)6-4-13/h3-8,10,12H,2,9,11H2,1H3,(H,23,25). The summed E-state index contributed by atoms with van der Waals surface area (Å²) in [7, 11) is 0. The first kappa shape index (κ1) is 19.0. The molecule has 0 bridgehead atoms. The molecule has 1 N–H and O–H groups in total. The number of nitrogens with one attached hydrogen (secondary N) is 1. The van der Waals surface area contributed by atoms with Gasteiger partial charge < -0.3 is 10.1 Å². The normalized spacial score (nSPS) is 10.6. The lowest BCUT2D eigenvalue weighted by molar-refractivity contribution is 0.0949.